The van der Waals surface area contributed by atoms with E-state index in [1.807, 2.05) is 24.3 Å². The Morgan fingerprint density at radius 3 is 2.50 bits per heavy atom. The van der Waals surface area contributed by atoms with Gasteiger partial charge in [0.1, 0.15) is 22.8 Å². The molecule has 1 unspecified atom stereocenters. The summed E-state index contributed by atoms with van der Waals surface area (Å²) in [6.45, 7) is 4.58. The van der Waals surface area contributed by atoms with E-state index in [0.717, 1.165) is 48.9 Å². The van der Waals surface area contributed by atoms with Gasteiger partial charge in [-0.15, -0.1) is 0 Å². The monoisotopic (exact) mass is 492 g/mol. The van der Waals surface area contributed by atoms with Crippen LogP contribution in [0.4, 0.5) is 10.6 Å². The highest BCUT2D eigenvalue weighted by molar-refractivity contribution is 6.04. The van der Waals surface area contributed by atoms with Gasteiger partial charge in [-0.1, -0.05) is 6.07 Å². The summed E-state index contributed by atoms with van der Waals surface area (Å²) in [6, 6.07) is 9.81. The third-order valence-corrected chi connectivity index (χ3v) is 6.57. The highest BCUT2D eigenvalue weighted by Gasteiger charge is 2.33. The van der Waals surface area contributed by atoms with Crippen molar-refractivity contribution in [1.82, 2.24) is 25.4 Å². The number of hydrogen-bond acceptors (Lipinski definition) is 8. The number of aromatic nitrogens is 1. The molecule has 2 fully saturated rings. The van der Waals surface area contributed by atoms with Crippen molar-refractivity contribution in [3.63, 3.8) is 0 Å². The SMILES string of the molecule is CN1CCN(c2ccc3oc(C4NC(=O)NC4=O)cc3n2)CC1.COc1ccc2c(c1)C(=O)N(C)C2. The van der Waals surface area contributed by atoms with Crippen molar-refractivity contribution in [3.8, 4) is 5.75 Å². The number of furan rings is 1. The predicted molar refractivity (Wildman–Crippen MR) is 132 cm³/mol. The van der Waals surface area contributed by atoms with E-state index in [0.29, 0.717) is 23.4 Å². The number of urea groups is 1. The number of rotatable bonds is 3. The molecule has 36 heavy (non-hydrogen) atoms. The van der Waals surface area contributed by atoms with Crippen molar-refractivity contribution in [3.05, 3.63) is 53.3 Å². The van der Waals surface area contributed by atoms with Crippen LogP contribution in [0.1, 0.15) is 27.7 Å². The number of ether oxygens (including phenoxy) is 1. The maximum absolute atomic E-state index is 11.7. The first-order chi connectivity index (χ1) is 17.3. The molecule has 2 saturated heterocycles. The van der Waals surface area contributed by atoms with Gasteiger partial charge >= 0.3 is 6.03 Å². The van der Waals surface area contributed by atoms with Crippen LogP contribution in [0.5, 0.6) is 5.75 Å². The number of amides is 4. The average Bonchev–Trinajstić information content (AvgIpc) is 3.53. The van der Waals surface area contributed by atoms with E-state index in [-0.39, 0.29) is 5.91 Å². The zero-order valence-electron chi connectivity index (χ0n) is 20.4. The Kier molecular flexibility index (Phi) is 6.23. The van der Waals surface area contributed by atoms with E-state index >= 15 is 0 Å². The lowest BCUT2D eigenvalue weighted by molar-refractivity contribution is -0.120. The first-order valence-electron chi connectivity index (χ1n) is 11.7. The molecule has 0 aliphatic carbocycles. The molecule has 5 heterocycles. The molecule has 2 aromatic heterocycles. The lowest BCUT2D eigenvalue weighted by Gasteiger charge is -2.33. The van der Waals surface area contributed by atoms with E-state index in [1.54, 1.807) is 31.2 Å². The number of imide groups is 1. The second-order valence-corrected chi connectivity index (χ2v) is 9.07. The normalized spacial score (nSPS) is 19.6. The molecule has 11 heteroatoms. The number of methoxy groups -OCH3 is 1. The number of fused-ring (bicyclic) bond motifs is 2. The molecule has 0 bridgehead atoms. The summed E-state index contributed by atoms with van der Waals surface area (Å²) >= 11 is 0. The standard InChI is InChI=1S/C15H17N5O3.C10H11NO2/c1-19-4-6-20(7-5-19)12-3-2-10-9(16-12)8-11(23-10)13-14(21)18-15(22)17-13;1-11-6-7-3-4-8(13-2)5-9(7)10(11)12/h2-3,8,13H,4-7H2,1H3,(H2,17,18,21,22);3-5H,6H2,1-2H3. The second kappa shape index (κ2) is 9.50. The Morgan fingerprint density at radius 2 is 1.81 bits per heavy atom. The fourth-order valence-corrected chi connectivity index (χ4v) is 4.46. The number of carbonyl (C=O) groups excluding carboxylic acids is 3. The average molecular weight is 493 g/mol. The molecule has 3 aliphatic rings. The van der Waals surface area contributed by atoms with Gasteiger partial charge in [-0.25, -0.2) is 9.78 Å². The van der Waals surface area contributed by atoms with Gasteiger partial charge in [-0.05, 0) is 36.9 Å². The number of benzene rings is 1. The zero-order valence-corrected chi connectivity index (χ0v) is 20.4. The molecule has 11 nitrogen and oxygen atoms in total. The largest absolute Gasteiger partial charge is 0.497 e. The van der Waals surface area contributed by atoms with Crippen LogP contribution >= 0.6 is 0 Å². The summed E-state index contributed by atoms with van der Waals surface area (Å²) in [5.41, 5.74) is 3.13. The van der Waals surface area contributed by atoms with Crippen LogP contribution in [0, 0.1) is 0 Å². The molecule has 3 aromatic rings. The Hall–Kier alpha value is -4.12. The quantitative estimate of drug-likeness (QED) is 0.531. The third kappa shape index (κ3) is 4.57. The van der Waals surface area contributed by atoms with E-state index in [9.17, 15) is 14.4 Å². The molecular weight excluding hydrogens is 464 g/mol. The Bertz CT molecular complexity index is 1330. The number of hydrogen-bond donors (Lipinski definition) is 2. The minimum Gasteiger partial charge on any atom is -0.497 e. The second-order valence-electron chi connectivity index (χ2n) is 9.07. The Balaban J connectivity index is 0.000000174. The van der Waals surface area contributed by atoms with Crippen molar-refractivity contribution >= 4 is 34.8 Å². The summed E-state index contributed by atoms with van der Waals surface area (Å²) < 4.78 is 10.7. The molecule has 0 saturated carbocycles. The van der Waals surface area contributed by atoms with Gasteiger partial charge in [-0.2, -0.15) is 0 Å². The highest BCUT2D eigenvalue weighted by atomic mass is 16.5. The summed E-state index contributed by atoms with van der Waals surface area (Å²) in [5.74, 6) is 1.70. The number of carbonyl (C=O) groups is 3. The first kappa shape index (κ1) is 23.6. The van der Waals surface area contributed by atoms with Crippen molar-refractivity contribution in [1.29, 1.82) is 0 Å². The summed E-state index contributed by atoms with van der Waals surface area (Å²) in [5, 5.41) is 4.72. The molecule has 0 spiro atoms. The van der Waals surface area contributed by atoms with Crippen LogP contribution in [0.2, 0.25) is 0 Å². The van der Waals surface area contributed by atoms with Gasteiger partial charge in [0.05, 0.1) is 7.11 Å². The number of anilines is 1. The lowest BCUT2D eigenvalue weighted by atomic mass is 10.1. The summed E-state index contributed by atoms with van der Waals surface area (Å²) in [4.78, 5) is 45.3. The Morgan fingerprint density at radius 1 is 1.03 bits per heavy atom. The molecule has 1 atom stereocenters. The number of nitrogens with one attached hydrogen (secondary N) is 2. The minimum atomic E-state index is -0.788. The molecule has 6 rings (SSSR count). The van der Waals surface area contributed by atoms with Crippen LogP contribution in [0.3, 0.4) is 0 Å². The number of nitrogens with zero attached hydrogens (tertiary/aromatic N) is 4. The molecule has 3 aliphatic heterocycles. The molecular formula is C25H28N6O5. The van der Waals surface area contributed by atoms with Crippen LogP contribution in [0.25, 0.3) is 11.1 Å². The van der Waals surface area contributed by atoms with Gasteiger partial charge < -0.3 is 29.2 Å². The van der Waals surface area contributed by atoms with E-state index in [2.05, 4.69) is 32.5 Å². The van der Waals surface area contributed by atoms with E-state index in [4.69, 9.17) is 9.15 Å². The topological polar surface area (TPSA) is 120 Å². The fourth-order valence-electron chi connectivity index (χ4n) is 4.46. The number of piperazine rings is 1. The lowest BCUT2D eigenvalue weighted by Crippen LogP contribution is -2.44. The van der Waals surface area contributed by atoms with Gasteiger partial charge in [0.15, 0.2) is 11.6 Å². The smallest absolute Gasteiger partial charge is 0.322 e. The number of pyridine rings is 1. The van der Waals surface area contributed by atoms with Gasteiger partial charge in [0.2, 0.25) is 0 Å². The molecule has 4 amide bonds. The van der Waals surface area contributed by atoms with Crippen LogP contribution in [-0.4, -0.2) is 80.0 Å². The molecule has 0 radical (unpaired) electrons. The number of likely N-dealkylation sites (N-methyl/N-ethyl adjacent to an activating group) is 1. The molecule has 2 N–H and O–H groups in total. The Labute approximate surface area is 208 Å². The molecule has 1 aromatic carbocycles. The maximum Gasteiger partial charge on any atom is 0.322 e. The maximum atomic E-state index is 11.7. The van der Waals surface area contributed by atoms with Gasteiger partial charge in [0, 0.05) is 51.4 Å². The fraction of sp³-hybridized carbons (Fsp3) is 0.360. The van der Waals surface area contributed by atoms with E-state index in [1.165, 1.54) is 0 Å². The van der Waals surface area contributed by atoms with Gasteiger partial charge in [-0.3, -0.25) is 14.9 Å². The van der Waals surface area contributed by atoms with E-state index < -0.39 is 18.0 Å². The van der Waals surface area contributed by atoms with Crippen LogP contribution in [-0.2, 0) is 11.3 Å². The minimum absolute atomic E-state index is 0.0777. The van der Waals surface area contributed by atoms with Crippen molar-refractivity contribution in [2.24, 2.45) is 0 Å². The zero-order chi connectivity index (χ0) is 25.4. The summed E-state index contributed by atoms with van der Waals surface area (Å²) in [7, 11) is 5.51. The van der Waals surface area contributed by atoms with Crippen molar-refractivity contribution in [2.45, 2.75) is 12.6 Å². The highest BCUT2D eigenvalue weighted by Crippen LogP contribution is 2.27. The van der Waals surface area contributed by atoms with Crippen LogP contribution in [0.15, 0.2) is 40.8 Å². The third-order valence-electron chi connectivity index (χ3n) is 6.57. The van der Waals surface area contributed by atoms with Crippen LogP contribution < -0.4 is 20.3 Å². The van der Waals surface area contributed by atoms with Crippen molar-refractivity contribution < 1.29 is 23.5 Å². The first-order valence-corrected chi connectivity index (χ1v) is 11.7. The van der Waals surface area contributed by atoms with Gasteiger partial charge in [0.25, 0.3) is 11.8 Å². The molecule has 188 valence electrons. The summed E-state index contributed by atoms with van der Waals surface area (Å²) in [6.07, 6.45) is 0. The van der Waals surface area contributed by atoms with Crippen molar-refractivity contribution in [2.75, 3.05) is 52.3 Å². The predicted octanol–water partition coefficient (Wildman–Crippen LogP) is 1.74.